The van der Waals surface area contributed by atoms with E-state index in [1.54, 1.807) is 31.4 Å². The molecule has 0 bridgehead atoms. The highest BCUT2D eigenvalue weighted by Gasteiger charge is 2.11. The van der Waals surface area contributed by atoms with Crippen molar-refractivity contribution in [3.63, 3.8) is 0 Å². The average Bonchev–Trinajstić information content (AvgIpc) is 2.39. The Morgan fingerprint density at radius 3 is 2.58 bits per heavy atom. The van der Waals surface area contributed by atoms with E-state index in [4.69, 9.17) is 16.3 Å². The SMILES string of the molecule is CNCc1ccc(-c2cc(Cl)ccc2OC)c(F)c1. The smallest absolute Gasteiger partial charge is 0.131 e. The molecule has 0 aromatic heterocycles. The van der Waals surface area contributed by atoms with Crippen LogP contribution < -0.4 is 10.1 Å². The van der Waals surface area contributed by atoms with Crippen LogP contribution in [0.1, 0.15) is 5.56 Å². The Hall–Kier alpha value is -1.58. The van der Waals surface area contributed by atoms with Crippen LogP contribution in [-0.2, 0) is 6.54 Å². The number of benzene rings is 2. The lowest BCUT2D eigenvalue weighted by Crippen LogP contribution is -2.05. The Bertz CT molecular complexity index is 586. The van der Waals surface area contributed by atoms with Crippen LogP contribution in [-0.4, -0.2) is 14.2 Å². The summed E-state index contributed by atoms with van der Waals surface area (Å²) >= 11 is 5.97. The lowest BCUT2D eigenvalue weighted by Gasteiger charge is -2.11. The van der Waals surface area contributed by atoms with E-state index in [9.17, 15) is 4.39 Å². The second kappa shape index (κ2) is 6.04. The van der Waals surface area contributed by atoms with Crippen molar-refractivity contribution in [1.29, 1.82) is 0 Å². The first-order valence-electron chi connectivity index (χ1n) is 5.92. The molecule has 2 nitrogen and oxygen atoms in total. The molecule has 0 aliphatic rings. The lowest BCUT2D eigenvalue weighted by atomic mass is 10.0. The van der Waals surface area contributed by atoms with Crippen molar-refractivity contribution in [2.75, 3.05) is 14.2 Å². The van der Waals surface area contributed by atoms with E-state index in [0.29, 0.717) is 28.4 Å². The third-order valence-electron chi connectivity index (χ3n) is 2.87. The van der Waals surface area contributed by atoms with Gasteiger partial charge in [0.2, 0.25) is 0 Å². The quantitative estimate of drug-likeness (QED) is 0.917. The molecular formula is C15H15ClFNO. The Kier molecular flexibility index (Phi) is 4.40. The normalized spacial score (nSPS) is 10.5. The molecule has 0 aliphatic carbocycles. The van der Waals surface area contributed by atoms with E-state index < -0.39 is 0 Å². The zero-order valence-corrected chi connectivity index (χ0v) is 11.6. The summed E-state index contributed by atoms with van der Waals surface area (Å²) in [5, 5.41) is 3.54. The van der Waals surface area contributed by atoms with E-state index in [1.165, 1.54) is 6.07 Å². The van der Waals surface area contributed by atoms with Gasteiger partial charge < -0.3 is 10.1 Å². The number of halogens is 2. The zero-order valence-electron chi connectivity index (χ0n) is 10.8. The second-order valence-electron chi connectivity index (χ2n) is 4.19. The van der Waals surface area contributed by atoms with Crippen LogP contribution in [0.15, 0.2) is 36.4 Å². The topological polar surface area (TPSA) is 21.3 Å². The number of hydrogen-bond donors (Lipinski definition) is 1. The lowest BCUT2D eigenvalue weighted by molar-refractivity contribution is 0.416. The third-order valence-corrected chi connectivity index (χ3v) is 3.10. The Morgan fingerprint density at radius 1 is 1.16 bits per heavy atom. The standard InChI is InChI=1S/C15H15ClFNO/c1-18-9-10-3-5-12(14(17)7-10)13-8-11(16)4-6-15(13)19-2/h3-8,18H,9H2,1-2H3. The average molecular weight is 280 g/mol. The van der Waals surface area contributed by atoms with E-state index in [-0.39, 0.29) is 5.82 Å². The number of methoxy groups -OCH3 is 1. The van der Waals surface area contributed by atoms with Crippen LogP contribution in [0.4, 0.5) is 4.39 Å². The highest BCUT2D eigenvalue weighted by Crippen LogP contribution is 2.34. The Labute approximate surface area is 117 Å². The van der Waals surface area contributed by atoms with Crippen molar-refractivity contribution < 1.29 is 9.13 Å². The molecular weight excluding hydrogens is 265 g/mol. The van der Waals surface area contributed by atoms with Crippen molar-refractivity contribution in [2.45, 2.75) is 6.54 Å². The number of hydrogen-bond acceptors (Lipinski definition) is 2. The molecule has 4 heteroatoms. The summed E-state index contributed by atoms with van der Waals surface area (Å²) in [5.41, 5.74) is 2.03. The van der Waals surface area contributed by atoms with Crippen LogP contribution >= 0.6 is 11.6 Å². The minimum atomic E-state index is -0.284. The molecule has 2 aromatic rings. The summed E-state index contributed by atoms with van der Waals surface area (Å²) in [6.07, 6.45) is 0. The molecule has 0 saturated carbocycles. The molecule has 0 aliphatic heterocycles. The maximum Gasteiger partial charge on any atom is 0.131 e. The van der Waals surface area contributed by atoms with Gasteiger partial charge in [0.05, 0.1) is 7.11 Å². The molecule has 100 valence electrons. The fourth-order valence-corrected chi connectivity index (χ4v) is 2.15. The van der Waals surface area contributed by atoms with Crippen LogP contribution in [0.5, 0.6) is 5.75 Å². The minimum Gasteiger partial charge on any atom is -0.496 e. The molecule has 0 spiro atoms. The second-order valence-corrected chi connectivity index (χ2v) is 4.63. The molecule has 2 aromatic carbocycles. The van der Waals surface area contributed by atoms with Crippen molar-refractivity contribution in [2.24, 2.45) is 0 Å². The maximum absolute atomic E-state index is 14.2. The van der Waals surface area contributed by atoms with Crippen molar-refractivity contribution in [3.05, 3.63) is 52.8 Å². The van der Waals surface area contributed by atoms with E-state index in [0.717, 1.165) is 5.56 Å². The Morgan fingerprint density at radius 2 is 1.95 bits per heavy atom. The number of nitrogens with one attached hydrogen (secondary N) is 1. The van der Waals surface area contributed by atoms with Gasteiger partial charge in [-0.3, -0.25) is 0 Å². The van der Waals surface area contributed by atoms with Crippen molar-refractivity contribution >= 4 is 11.6 Å². The summed E-state index contributed by atoms with van der Waals surface area (Å²) in [4.78, 5) is 0. The highest BCUT2D eigenvalue weighted by molar-refractivity contribution is 6.31. The van der Waals surface area contributed by atoms with Gasteiger partial charge >= 0.3 is 0 Å². The summed E-state index contributed by atoms with van der Waals surface area (Å²) in [7, 11) is 3.38. The molecule has 0 heterocycles. The van der Waals surface area contributed by atoms with Crippen LogP contribution in [0.3, 0.4) is 0 Å². The van der Waals surface area contributed by atoms with Crippen LogP contribution in [0.2, 0.25) is 5.02 Å². The summed E-state index contributed by atoms with van der Waals surface area (Å²) in [6, 6.07) is 10.3. The third kappa shape index (κ3) is 3.06. The molecule has 0 fully saturated rings. The minimum absolute atomic E-state index is 0.284. The van der Waals surface area contributed by atoms with Crippen LogP contribution in [0, 0.1) is 5.82 Å². The fraction of sp³-hybridized carbons (Fsp3) is 0.200. The zero-order chi connectivity index (χ0) is 13.8. The van der Waals surface area contributed by atoms with Gasteiger partial charge in [0.15, 0.2) is 0 Å². The summed E-state index contributed by atoms with van der Waals surface area (Å²) < 4.78 is 19.4. The van der Waals surface area contributed by atoms with Crippen molar-refractivity contribution in [3.8, 4) is 16.9 Å². The largest absolute Gasteiger partial charge is 0.496 e. The van der Waals surface area contributed by atoms with Gasteiger partial charge in [-0.2, -0.15) is 0 Å². The predicted octanol–water partition coefficient (Wildman–Crippen LogP) is 3.87. The van der Waals surface area contributed by atoms with Gasteiger partial charge in [-0.05, 0) is 36.9 Å². The predicted molar refractivity (Wildman–Crippen MR) is 76.2 cm³/mol. The van der Waals surface area contributed by atoms with Crippen LogP contribution in [0.25, 0.3) is 11.1 Å². The van der Waals surface area contributed by atoms with E-state index >= 15 is 0 Å². The van der Waals surface area contributed by atoms with Gasteiger partial charge in [0, 0.05) is 22.7 Å². The maximum atomic E-state index is 14.2. The molecule has 0 saturated heterocycles. The first-order valence-corrected chi connectivity index (χ1v) is 6.30. The van der Waals surface area contributed by atoms with Crippen molar-refractivity contribution in [1.82, 2.24) is 5.32 Å². The molecule has 1 N–H and O–H groups in total. The van der Waals surface area contributed by atoms with Gasteiger partial charge in [-0.15, -0.1) is 0 Å². The van der Waals surface area contributed by atoms with Gasteiger partial charge in [-0.1, -0.05) is 23.7 Å². The monoisotopic (exact) mass is 279 g/mol. The van der Waals surface area contributed by atoms with E-state index in [1.807, 2.05) is 13.1 Å². The van der Waals surface area contributed by atoms with Gasteiger partial charge in [0.25, 0.3) is 0 Å². The molecule has 0 atom stereocenters. The molecule has 19 heavy (non-hydrogen) atoms. The molecule has 0 radical (unpaired) electrons. The van der Waals surface area contributed by atoms with E-state index in [2.05, 4.69) is 5.32 Å². The number of ether oxygens (including phenoxy) is 1. The number of rotatable bonds is 4. The van der Waals surface area contributed by atoms with Gasteiger partial charge in [-0.25, -0.2) is 4.39 Å². The van der Waals surface area contributed by atoms with Gasteiger partial charge in [0.1, 0.15) is 11.6 Å². The summed E-state index contributed by atoms with van der Waals surface area (Å²) in [6.45, 7) is 0.629. The fourth-order valence-electron chi connectivity index (χ4n) is 1.98. The summed E-state index contributed by atoms with van der Waals surface area (Å²) in [5.74, 6) is 0.318. The first kappa shape index (κ1) is 13.8. The molecule has 2 rings (SSSR count). The first-order chi connectivity index (χ1) is 9.15. The highest BCUT2D eigenvalue weighted by atomic mass is 35.5. The molecule has 0 amide bonds. The molecule has 0 unspecified atom stereocenters. The Balaban J connectivity index is 2.49.